The van der Waals surface area contributed by atoms with E-state index in [2.05, 4.69) is 6.07 Å². The Bertz CT molecular complexity index is 416. The Hall–Kier alpha value is -1.06. The largest absolute Gasteiger partial charge is 0.493 e. The average molecular weight is 220 g/mol. The first-order chi connectivity index (χ1) is 7.72. The zero-order valence-electron chi connectivity index (χ0n) is 9.40. The van der Waals surface area contributed by atoms with Crippen LogP contribution in [0.3, 0.4) is 0 Å². The van der Waals surface area contributed by atoms with E-state index in [0.717, 1.165) is 24.3 Å². The lowest BCUT2D eigenvalue weighted by Gasteiger charge is -2.28. The first-order valence-corrected chi connectivity index (χ1v) is 5.81. The van der Waals surface area contributed by atoms with E-state index in [-0.39, 0.29) is 6.10 Å². The number of para-hydroxylation sites is 1. The maximum absolute atomic E-state index is 10.7. The van der Waals surface area contributed by atoms with Crippen LogP contribution in [0.4, 0.5) is 0 Å². The molecule has 0 bridgehead atoms. The van der Waals surface area contributed by atoms with Crippen molar-refractivity contribution in [3.63, 3.8) is 0 Å². The van der Waals surface area contributed by atoms with Crippen molar-refractivity contribution in [2.75, 3.05) is 13.2 Å². The van der Waals surface area contributed by atoms with Crippen LogP contribution in [0.5, 0.6) is 5.75 Å². The first kappa shape index (κ1) is 10.1. The lowest BCUT2D eigenvalue weighted by atomic mass is 9.86. The van der Waals surface area contributed by atoms with E-state index in [1.54, 1.807) is 0 Å². The zero-order chi connectivity index (χ0) is 11.2. The van der Waals surface area contributed by atoms with Crippen LogP contribution in [0.1, 0.15) is 24.5 Å². The fraction of sp³-hybridized carbons (Fsp3) is 0.538. The summed E-state index contributed by atoms with van der Waals surface area (Å²) in [6, 6.07) is 6.01. The average Bonchev–Trinajstić information content (AvgIpc) is 2.86. The molecule has 0 saturated carbocycles. The van der Waals surface area contributed by atoms with Gasteiger partial charge in [0.15, 0.2) is 0 Å². The van der Waals surface area contributed by atoms with Gasteiger partial charge >= 0.3 is 0 Å². The third kappa shape index (κ3) is 1.28. The predicted octanol–water partition coefficient (Wildman–Crippen LogP) is 1.62. The van der Waals surface area contributed by atoms with Crippen molar-refractivity contribution in [2.45, 2.75) is 31.5 Å². The zero-order valence-corrected chi connectivity index (χ0v) is 9.40. The Kier molecular flexibility index (Phi) is 2.19. The van der Waals surface area contributed by atoms with E-state index < -0.39 is 5.60 Å². The van der Waals surface area contributed by atoms with Crippen molar-refractivity contribution in [2.24, 2.45) is 0 Å². The molecular weight excluding hydrogens is 204 g/mol. The van der Waals surface area contributed by atoms with Gasteiger partial charge in [-0.2, -0.15) is 0 Å². The number of aliphatic hydroxyl groups is 1. The van der Waals surface area contributed by atoms with Crippen LogP contribution in [0.2, 0.25) is 0 Å². The molecule has 1 aromatic carbocycles. The van der Waals surface area contributed by atoms with Gasteiger partial charge in [0.2, 0.25) is 0 Å². The highest BCUT2D eigenvalue weighted by atomic mass is 16.5. The monoisotopic (exact) mass is 220 g/mol. The fourth-order valence-corrected chi connectivity index (χ4v) is 2.64. The number of hydrogen-bond donors (Lipinski definition) is 1. The van der Waals surface area contributed by atoms with Crippen molar-refractivity contribution in [3.8, 4) is 5.75 Å². The molecule has 2 unspecified atom stereocenters. The third-order valence-corrected chi connectivity index (χ3v) is 3.70. The van der Waals surface area contributed by atoms with Crippen molar-refractivity contribution in [1.82, 2.24) is 0 Å². The summed E-state index contributed by atoms with van der Waals surface area (Å²) in [5, 5.41) is 10.7. The Labute approximate surface area is 95.0 Å². The first-order valence-electron chi connectivity index (χ1n) is 5.81. The molecule has 2 aliphatic rings. The Balaban J connectivity index is 2.10. The molecule has 0 aliphatic carbocycles. The van der Waals surface area contributed by atoms with Gasteiger partial charge in [0.25, 0.3) is 0 Å². The molecule has 0 radical (unpaired) electrons. The van der Waals surface area contributed by atoms with Crippen LogP contribution < -0.4 is 4.74 Å². The highest BCUT2D eigenvalue weighted by molar-refractivity contribution is 5.47. The predicted molar refractivity (Wildman–Crippen MR) is 59.6 cm³/mol. The maximum Gasteiger partial charge on any atom is 0.128 e. The molecule has 3 nitrogen and oxygen atoms in total. The number of ether oxygens (including phenoxy) is 2. The van der Waals surface area contributed by atoms with Gasteiger partial charge in [-0.15, -0.1) is 0 Å². The van der Waals surface area contributed by atoms with Crippen LogP contribution in [0, 0.1) is 0 Å². The van der Waals surface area contributed by atoms with Gasteiger partial charge in [0, 0.05) is 18.4 Å². The summed E-state index contributed by atoms with van der Waals surface area (Å²) in [5.74, 6) is 0.877. The third-order valence-electron chi connectivity index (χ3n) is 3.70. The van der Waals surface area contributed by atoms with Gasteiger partial charge in [-0.1, -0.05) is 18.2 Å². The van der Waals surface area contributed by atoms with Crippen LogP contribution >= 0.6 is 0 Å². The number of hydrogen-bond acceptors (Lipinski definition) is 3. The summed E-state index contributed by atoms with van der Waals surface area (Å²) in [6.07, 6.45) is 1.42. The Morgan fingerprint density at radius 3 is 3.00 bits per heavy atom. The van der Waals surface area contributed by atoms with E-state index in [0.29, 0.717) is 13.0 Å². The summed E-state index contributed by atoms with van der Waals surface area (Å²) in [6.45, 7) is 3.25. The molecule has 86 valence electrons. The second-order valence-corrected chi connectivity index (χ2v) is 4.58. The summed E-state index contributed by atoms with van der Waals surface area (Å²) >= 11 is 0. The highest BCUT2D eigenvalue weighted by Crippen LogP contribution is 2.43. The number of rotatable bonds is 1. The topological polar surface area (TPSA) is 38.7 Å². The molecule has 3 heteroatoms. The minimum atomic E-state index is -0.879. The van der Waals surface area contributed by atoms with Crippen LogP contribution in [0.25, 0.3) is 0 Å². The maximum atomic E-state index is 10.7. The van der Waals surface area contributed by atoms with Crippen molar-refractivity contribution in [1.29, 1.82) is 0 Å². The molecule has 0 spiro atoms. The molecular formula is C13H16O3. The van der Waals surface area contributed by atoms with Gasteiger partial charge in [-0.3, -0.25) is 0 Å². The van der Waals surface area contributed by atoms with Gasteiger partial charge in [-0.25, -0.2) is 0 Å². The van der Waals surface area contributed by atoms with E-state index >= 15 is 0 Å². The summed E-state index contributed by atoms with van der Waals surface area (Å²) < 4.78 is 11.1. The van der Waals surface area contributed by atoms with E-state index in [9.17, 15) is 5.11 Å². The summed E-state index contributed by atoms with van der Waals surface area (Å²) in [7, 11) is 0. The quantitative estimate of drug-likeness (QED) is 0.781. The smallest absolute Gasteiger partial charge is 0.128 e. The SMILES string of the molecule is CC1OCCC1(O)c1cccc2c1OCC2. The van der Waals surface area contributed by atoms with Gasteiger partial charge in [-0.05, 0) is 12.5 Å². The summed E-state index contributed by atoms with van der Waals surface area (Å²) in [4.78, 5) is 0. The van der Waals surface area contributed by atoms with E-state index in [1.807, 2.05) is 19.1 Å². The van der Waals surface area contributed by atoms with Crippen LogP contribution in [0.15, 0.2) is 18.2 Å². The molecule has 16 heavy (non-hydrogen) atoms. The van der Waals surface area contributed by atoms with Crippen molar-refractivity contribution >= 4 is 0 Å². The second-order valence-electron chi connectivity index (χ2n) is 4.58. The van der Waals surface area contributed by atoms with Gasteiger partial charge < -0.3 is 14.6 Å². The normalized spacial score (nSPS) is 32.5. The number of fused-ring (bicyclic) bond motifs is 1. The molecule has 1 saturated heterocycles. The lowest BCUT2D eigenvalue weighted by Crippen LogP contribution is -2.33. The van der Waals surface area contributed by atoms with E-state index in [1.165, 1.54) is 5.56 Å². The van der Waals surface area contributed by atoms with Crippen LogP contribution in [-0.2, 0) is 16.8 Å². The van der Waals surface area contributed by atoms with Gasteiger partial charge in [0.1, 0.15) is 11.4 Å². The molecule has 2 heterocycles. The Morgan fingerprint density at radius 1 is 1.38 bits per heavy atom. The summed E-state index contributed by atoms with van der Waals surface area (Å²) in [5.41, 5.74) is 1.22. The standard InChI is InChI=1S/C13H16O3/c1-9-13(14,6-8-15-9)11-4-2-3-10-5-7-16-12(10)11/h2-4,9,14H,5-8H2,1H3. The molecule has 0 amide bonds. The minimum absolute atomic E-state index is 0.164. The molecule has 3 rings (SSSR count). The Morgan fingerprint density at radius 2 is 2.25 bits per heavy atom. The second kappa shape index (κ2) is 3.47. The van der Waals surface area contributed by atoms with E-state index in [4.69, 9.17) is 9.47 Å². The molecule has 1 aromatic rings. The van der Waals surface area contributed by atoms with Gasteiger partial charge in [0.05, 0.1) is 19.3 Å². The molecule has 2 atom stereocenters. The van der Waals surface area contributed by atoms with Crippen LogP contribution in [-0.4, -0.2) is 24.4 Å². The fourth-order valence-electron chi connectivity index (χ4n) is 2.64. The lowest BCUT2D eigenvalue weighted by molar-refractivity contribution is -0.0330. The number of benzene rings is 1. The molecule has 1 N–H and O–H groups in total. The minimum Gasteiger partial charge on any atom is -0.493 e. The highest BCUT2D eigenvalue weighted by Gasteiger charge is 2.43. The van der Waals surface area contributed by atoms with Crippen molar-refractivity contribution < 1.29 is 14.6 Å². The molecule has 0 aromatic heterocycles. The molecule has 1 fully saturated rings. The van der Waals surface area contributed by atoms with Crippen molar-refractivity contribution in [3.05, 3.63) is 29.3 Å². The molecule has 2 aliphatic heterocycles.